The second-order valence-corrected chi connectivity index (χ2v) is 7.94. The highest BCUT2D eigenvalue weighted by Crippen LogP contribution is 2.32. The minimum Gasteiger partial charge on any atom is -0.327 e. The van der Waals surface area contributed by atoms with Crippen molar-refractivity contribution in [2.75, 3.05) is 39.3 Å². The lowest BCUT2D eigenvalue weighted by Gasteiger charge is -2.40. The van der Waals surface area contributed by atoms with Crippen LogP contribution in [0.25, 0.3) is 0 Å². The Morgan fingerprint density at radius 3 is 2.10 bits per heavy atom. The van der Waals surface area contributed by atoms with Crippen molar-refractivity contribution in [1.82, 2.24) is 9.80 Å². The molecule has 0 bridgehead atoms. The van der Waals surface area contributed by atoms with Crippen LogP contribution in [0.2, 0.25) is 0 Å². The molecule has 3 heteroatoms. The summed E-state index contributed by atoms with van der Waals surface area (Å²) < 4.78 is 0. The average molecular weight is 293 g/mol. The first-order valence-electron chi connectivity index (χ1n) is 9.45. The van der Waals surface area contributed by atoms with E-state index in [4.69, 9.17) is 5.73 Å². The van der Waals surface area contributed by atoms with Crippen LogP contribution in [-0.2, 0) is 0 Å². The first-order valence-corrected chi connectivity index (χ1v) is 9.45. The SMILES string of the molecule is CCCC1CCC(N)C(CN2CCN(CC3CC3)CC2)C1. The summed E-state index contributed by atoms with van der Waals surface area (Å²) in [6.45, 7) is 10.1. The molecule has 1 aliphatic heterocycles. The van der Waals surface area contributed by atoms with Gasteiger partial charge in [0, 0.05) is 45.3 Å². The summed E-state index contributed by atoms with van der Waals surface area (Å²) in [5.41, 5.74) is 6.42. The molecule has 1 heterocycles. The molecule has 3 unspecified atom stereocenters. The van der Waals surface area contributed by atoms with Crippen LogP contribution in [0, 0.1) is 17.8 Å². The molecule has 2 aliphatic carbocycles. The van der Waals surface area contributed by atoms with E-state index in [0.29, 0.717) is 6.04 Å². The van der Waals surface area contributed by atoms with E-state index in [1.807, 2.05) is 0 Å². The Morgan fingerprint density at radius 2 is 1.48 bits per heavy atom. The molecular weight excluding hydrogens is 258 g/mol. The molecule has 3 nitrogen and oxygen atoms in total. The molecule has 3 rings (SSSR count). The zero-order valence-electron chi connectivity index (χ0n) is 14.0. The van der Waals surface area contributed by atoms with Crippen LogP contribution in [0.5, 0.6) is 0 Å². The third-order valence-electron chi connectivity index (χ3n) is 6.02. The minimum absolute atomic E-state index is 0.461. The maximum Gasteiger partial charge on any atom is 0.0110 e. The van der Waals surface area contributed by atoms with E-state index < -0.39 is 0 Å². The van der Waals surface area contributed by atoms with E-state index in [-0.39, 0.29) is 0 Å². The monoisotopic (exact) mass is 293 g/mol. The Kier molecular flexibility index (Phi) is 5.58. The number of rotatable bonds is 6. The van der Waals surface area contributed by atoms with Crippen LogP contribution >= 0.6 is 0 Å². The average Bonchev–Trinajstić information content (AvgIpc) is 3.29. The molecule has 0 aromatic heterocycles. The summed E-state index contributed by atoms with van der Waals surface area (Å²) in [6, 6.07) is 0.461. The highest BCUT2D eigenvalue weighted by atomic mass is 15.3. The predicted octanol–water partition coefficient (Wildman–Crippen LogP) is 2.56. The maximum atomic E-state index is 6.42. The highest BCUT2D eigenvalue weighted by molar-refractivity contribution is 4.86. The van der Waals surface area contributed by atoms with Crippen molar-refractivity contribution in [2.45, 2.75) is 57.9 Å². The summed E-state index contributed by atoms with van der Waals surface area (Å²) in [6.07, 6.45) is 9.74. The highest BCUT2D eigenvalue weighted by Gasteiger charge is 2.31. The van der Waals surface area contributed by atoms with Crippen molar-refractivity contribution < 1.29 is 0 Å². The number of hydrogen-bond acceptors (Lipinski definition) is 3. The number of nitrogens with two attached hydrogens (primary N) is 1. The fourth-order valence-electron chi connectivity index (χ4n) is 4.42. The van der Waals surface area contributed by atoms with Crippen LogP contribution in [0.15, 0.2) is 0 Å². The summed E-state index contributed by atoms with van der Waals surface area (Å²) in [5.74, 6) is 2.75. The molecule has 0 amide bonds. The first kappa shape index (κ1) is 15.8. The Morgan fingerprint density at radius 1 is 0.857 bits per heavy atom. The lowest BCUT2D eigenvalue weighted by atomic mass is 9.76. The van der Waals surface area contributed by atoms with Crippen LogP contribution in [0.3, 0.4) is 0 Å². The standard InChI is InChI=1S/C18H35N3/c1-2-3-15-6-7-18(19)17(12-15)14-21-10-8-20(9-11-21)13-16-4-5-16/h15-18H,2-14,19H2,1H3. The van der Waals surface area contributed by atoms with Crippen LogP contribution in [-0.4, -0.2) is 55.1 Å². The summed E-state index contributed by atoms with van der Waals surface area (Å²) in [7, 11) is 0. The molecule has 0 aromatic carbocycles. The molecule has 122 valence electrons. The lowest BCUT2D eigenvalue weighted by Crippen LogP contribution is -2.51. The van der Waals surface area contributed by atoms with Crippen molar-refractivity contribution in [3.8, 4) is 0 Å². The van der Waals surface area contributed by atoms with Gasteiger partial charge in [0.15, 0.2) is 0 Å². The molecule has 2 saturated carbocycles. The van der Waals surface area contributed by atoms with E-state index in [2.05, 4.69) is 16.7 Å². The van der Waals surface area contributed by atoms with Crippen molar-refractivity contribution in [3.05, 3.63) is 0 Å². The number of hydrogen-bond donors (Lipinski definition) is 1. The molecule has 2 N–H and O–H groups in total. The van der Waals surface area contributed by atoms with E-state index >= 15 is 0 Å². The normalized spacial score (nSPS) is 36.0. The van der Waals surface area contributed by atoms with Gasteiger partial charge in [0.05, 0.1) is 0 Å². The molecule has 1 saturated heterocycles. The first-order chi connectivity index (χ1) is 10.2. The lowest BCUT2D eigenvalue weighted by molar-refractivity contribution is 0.0920. The van der Waals surface area contributed by atoms with Gasteiger partial charge in [-0.2, -0.15) is 0 Å². The van der Waals surface area contributed by atoms with Gasteiger partial charge >= 0.3 is 0 Å². The van der Waals surface area contributed by atoms with Crippen LogP contribution < -0.4 is 5.73 Å². The molecule has 0 aromatic rings. The summed E-state index contributed by atoms with van der Waals surface area (Å²) >= 11 is 0. The summed E-state index contributed by atoms with van der Waals surface area (Å²) in [5, 5.41) is 0. The van der Waals surface area contributed by atoms with Gasteiger partial charge in [0.2, 0.25) is 0 Å². The zero-order chi connectivity index (χ0) is 14.7. The quantitative estimate of drug-likeness (QED) is 0.817. The molecule has 0 spiro atoms. The van der Waals surface area contributed by atoms with Crippen LogP contribution in [0.4, 0.5) is 0 Å². The molecule has 0 radical (unpaired) electrons. The Bertz CT molecular complexity index is 308. The second kappa shape index (κ2) is 7.43. The van der Waals surface area contributed by atoms with Gasteiger partial charge in [0.25, 0.3) is 0 Å². The van der Waals surface area contributed by atoms with E-state index in [0.717, 1.165) is 17.8 Å². The largest absolute Gasteiger partial charge is 0.327 e. The van der Waals surface area contributed by atoms with E-state index in [9.17, 15) is 0 Å². The number of nitrogens with zero attached hydrogens (tertiary/aromatic N) is 2. The third kappa shape index (κ3) is 4.67. The third-order valence-corrected chi connectivity index (χ3v) is 6.02. The Hall–Kier alpha value is -0.120. The van der Waals surface area contributed by atoms with Gasteiger partial charge in [0.1, 0.15) is 0 Å². The van der Waals surface area contributed by atoms with E-state index in [1.54, 1.807) is 0 Å². The van der Waals surface area contributed by atoms with Gasteiger partial charge in [-0.25, -0.2) is 0 Å². The fourth-order valence-corrected chi connectivity index (χ4v) is 4.42. The van der Waals surface area contributed by atoms with Gasteiger partial charge in [-0.05, 0) is 49.9 Å². The minimum atomic E-state index is 0.461. The topological polar surface area (TPSA) is 32.5 Å². The van der Waals surface area contributed by atoms with E-state index in [1.165, 1.54) is 84.2 Å². The fraction of sp³-hybridized carbons (Fsp3) is 1.00. The maximum absolute atomic E-state index is 6.42. The van der Waals surface area contributed by atoms with Crippen molar-refractivity contribution in [3.63, 3.8) is 0 Å². The van der Waals surface area contributed by atoms with Gasteiger partial charge < -0.3 is 15.5 Å². The molecular formula is C18H35N3. The molecule has 3 atom stereocenters. The van der Waals surface area contributed by atoms with Crippen molar-refractivity contribution >= 4 is 0 Å². The molecule has 21 heavy (non-hydrogen) atoms. The zero-order valence-corrected chi connectivity index (χ0v) is 14.0. The van der Waals surface area contributed by atoms with Gasteiger partial charge in [-0.3, -0.25) is 0 Å². The summed E-state index contributed by atoms with van der Waals surface area (Å²) in [4.78, 5) is 5.39. The smallest absolute Gasteiger partial charge is 0.0110 e. The number of piperazine rings is 1. The van der Waals surface area contributed by atoms with Gasteiger partial charge in [-0.1, -0.05) is 19.8 Å². The van der Waals surface area contributed by atoms with Crippen LogP contribution in [0.1, 0.15) is 51.9 Å². The molecule has 3 fully saturated rings. The Labute approximate surface area is 131 Å². The second-order valence-electron chi connectivity index (χ2n) is 7.94. The predicted molar refractivity (Wildman–Crippen MR) is 89.3 cm³/mol. The molecule has 3 aliphatic rings. The Balaban J connectivity index is 1.40. The van der Waals surface area contributed by atoms with Crippen molar-refractivity contribution in [2.24, 2.45) is 23.5 Å². The van der Waals surface area contributed by atoms with Gasteiger partial charge in [-0.15, -0.1) is 0 Å². The van der Waals surface area contributed by atoms with Crippen molar-refractivity contribution in [1.29, 1.82) is 0 Å².